The van der Waals surface area contributed by atoms with E-state index in [1.165, 1.54) is 4.31 Å². The van der Waals surface area contributed by atoms with Crippen molar-refractivity contribution in [3.63, 3.8) is 0 Å². The third kappa shape index (κ3) is 2.90. The minimum absolute atomic E-state index is 0.0477. The van der Waals surface area contributed by atoms with E-state index >= 15 is 0 Å². The van der Waals surface area contributed by atoms with Gasteiger partial charge in [0.05, 0.1) is 17.5 Å². The molecule has 0 aliphatic carbocycles. The average molecular weight is 236 g/mol. The summed E-state index contributed by atoms with van der Waals surface area (Å²) in [5.74, 6) is 0. The normalized spacial score (nSPS) is 31.5. The maximum atomic E-state index is 12.0. The lowest BCUT2D eigenvalue weighted by molar-refractivity contribution is -0.0442. The third-order valence-corrected chi connectivity index (χ3v) is 4.81. The van der Waals surface area contributed by atoms with Crippen LogP contribution < -0.4 is 5.73 Å². The van der Waals surface area contributed by atoms with Crippen LogP contribution in [0, 0.1) is 0 Å². The van der Waals surface area contributed by atoms with Gasteiger partial charge in [-0.15, -0.1) is 0 Å². The quantitative estimate of drug-likeness (QED) is 0.735. The zero-order valence-electron chi connectivity index (χ0n) is 9.51. The highest BCUT2D eigenvalue weighted by molar-refractivity contribution is 7.89. The molecule has 0 spiro atoms. The van der Waals surface area contributed by atoms with Gasteiger partial charge in [-0.3, -0.25) is 0 Å². The van der Waals surface area contributed by atoms with Gasteiger partial charge in [0, 0.05) is 19.6 Å². The van der Waals surface area contributed by atoms with Gasteiger partial charge in [0.2, 0.25) is 10.0 Å². The highest BCUT2D eigenvalue weighted by Gasteiger charge is 2.33. The molecule has 2 N–H and O–H groups in total. The Balaban J connectivity index is 2.79. The first-order chi connectivity index (χ1) is 6.87. The van der Waals surface area contributed by atoms with Crippen molar-refractivity contribution >= 4 is 10.0 Å². The molecule has 0 radical (unpaired) electrons. The Kier molecular flexibility index (Phi) is 4.11. The Morgan fingerprint density at radius 2 is 1.87 bits per heavy atom. The molecule has 0 bridgehead atoms. The number of hydrogen-bond donors (Lipinski definition) is 1. The second kappa shape index (κ2) is 4.78. The van der Waals surface area contributed by atoms with Crippen molar-refractivity contribution in [2.24, 2.45) is 5.73 Å². The number of ether oxygens (including phenoxy) is 1. The van der Waals surface area contributed by atoms with E-state index in [0.717, 1.165) is 0 Å². The van der Waals surface area contributed by atoms with Gasteiger partial charge in [-0.2, -0.15) is 4.31 Å². The van der Waals surface area contributed by atoms with Gasteiger partial charge < -0.3 is 10.5 Å². The molecule has 90 valence electrons. The molecule has 3 atom stereocenters. The highest BCUT2D eigenvalue weighted by Crippen LogP contribution is 2.17. The van der Waals surface area contributed by atoms with Gasteiger partial charge in [0.15, 0.2) is 0 Å². The molecule has 1 saturated heterocycles. The lowest BCUT2D eigenvalue weighted by atomic mass is 10.3. The van der Waals surface area contributed by atoms with Crippen LogP contribution in [0.1, 0.15) is 20.8 Å². The number of rotatable bonds is 3. The van der Waals surface area contributed by atoms with Gasteiger partial charge in [0.1, 0.15) is 0 Å². The fraction of sp³-hybridized carbons (Fsp3) is 1.00. The first-order valence-corrected chi connectivity index (χ1v) is 6.72. The van der Waals surface area contributed by atoms with Crippen LogP contribution in [0.5, 0.6) is 0 Å². The Bertz CT molecular complexity index is 294. The maximum absolute atomic E-state index is 12.0. The molecule has 3 unspecified atom stereocenters. The zero-order chi connectivity index (χ0) is 11.6. The fourth-order valence-electron chi connectivity index (χ4n) is 1.71. The van der Waals surface area contributed by atoms with Crippen LogP contribution in [0.15, 0.2) is 0 Å². The van der Waals surface area contributed by atoms with E-state index in [2.05, 4.69) is 0 Å². The van der Waals surface area contributed by atoms with Crippen molar-refractivity contribution in [3.8, 4) is 0 Å². The SMILES string of the molecule is CC1CN(S(=O)(=O)C(C)CN)CC(C)O1. The van der Waals surface area contributed by atoms with Crippen molar-refractivity contribution in [2.75, 3.05) is 19.6 Å². The van der Waals surface area contributed by atoms with Crippen LogP contribution >= 0.6 is 0 Å². The largest absolute Gasteiger partial charge is 0.373 e. The predicted octanol–water partition coefficient (Wildman–Crippen LogP) is -0.227. The van der Waals surface area contributed by atoms with Gasteiger partial charge in [-0.25, -0.2) is 8.42 Å². The molecule has 0 aromatic heterocycles. The van der Waals surface area contributed by atoms with E-state index in [-0.39, 0.29) is 18.8 Å². The van der Waals surface area contributed by atoms with E-state index < -0.39 is 15.3 Å². The van der Waals surface area contributed by atoms with Crippen molar-refractivity contribution < 1.29 is 13.2 Å². The molecule has 6 heteroatoms. The number of sulfonamides is 1. The van der Waals surface area contributed by atoms with Gasteiger partial charge >= 0.3 is 0 Å². The van der Waals surface area contributed by atoms with Crippen LogP contribution in [0.4, 0.5) is 0 Å². The molecule has 0 saturated carbocycles. The second-order valence-corrected chi connectivity index (χ2v) is 6.52. The molecule has 1 aliphatic rings. The molecule has 5 nitrogen and oxygen atoms in total. The van der Waals surface area contributed by atoms with Crippen LogP contribution in [0.2, 0.25) is 0 Å². The summed E-state index contributed by atoms with van der Waals surface area (Å²) in [4.78, 5) is 0. The Labute approximate surface area is 91.6 Å². The Hall–Kier alpha value is -0.170. The first kappa shape index (κ1) is 12.9. The summed E-state index contributed by atoms with van der Waals surface area (Å²) in [7, 11) is -3.25. The van der Waals surface area contributed by atoms with E-state index in [9.17, 15) is 8.42 Å². The maximum Gasteiger partial charge on any atom is 0.218 e. The predicted molar refractivity (Wildman–Crippen MR) is 59.0 cm³/mol. The minimum Gasteiger partial charge on any atom is -0.373 e. The Morgan fingerprint density at radius 3 is 2.27 bits per heavy atom. The molecular weight excluding hydrogens is 216 g/mol. The standard InChI is InChI=1S/C9H20N2O3S/c1-7-5-11(6-8(2)14-7)15(12,13)9(3)4-10/h7-9H,4-6,10H2,1-3H3. The van der Waals surface area contributed by atoms with Crippen molar-refractivity contribution in [2.45, 2.75) is 38.2 Å². The van der Waals surface area contributed by atoms with E-state index in [0.29, 0.717) is 13.1 Å². The summed E-state index contributed by atoms with van der Waals surface area (Å²) in [6, 6.07) is 0. The summed E-state index contributed by atoms with van der Waals surface area (Å²) in [5, 5.41) is -0.519. The monoisotopic (exact) mass is 236 g/mol. The third-order valence-electron chi connectivity index (χ3n) is 2.59. The average Bonchev–Trinajstić information content (AvgIpc) is 2.15. The molecule has 1 aliphatic heterocycles. The van der Waals surface area contributed by atoms with E-state index in [1.54, 1.807) is 6.92 Å². The second-order valence-electron chi connectivity index (χ2n) is 4.17. The van der Waals surface area contributed by atoms with E-state index in [4.69, 9.17) is 10.5 Å². The molecule has 15 heavy (non-hydrogen) atoms. The van der Waals surface area contributed by atoms with Crippen molar-refractivity contribution in [1.29, 1.82) is 0 Å². The molecule has 1 fully saturated rings. The molecule has 0 aromatic carbocycles. The number of hydrogen-bond acceptors (Lipinski definition) is 4. The minimum atomic E-state index is -3.25. The smallest absolute Gasteiger partial charge is 0.218 e. The van der Waals surface area contributed by atoms with E-state index in [1.807, 2.05) is 13.8 Å². The molecular formula is C9H20N2O3S. The summed E-state index contributed by atoms with van der Waals surface area (Å²) < 4.78 is 31.0. The van der Waals surface area contributed by atoms with Crippen LogP contribution in [-0.4, -0.2) is 49.8 Å². The number of morpholine rings is 1. The van der Waals surface area contributed by atoms with Gasteiger partial charge in [-0.05, 0) is 20.8 Å². The molecule has 0 amide bonds. The van der Waals surface area contributed by atoms with Gasteiger partial charge in [0.25, 0.3) is 0 Å². The summed E-state index contributed by atoms with van der Waals surface area (Å²) in [5.41, 5.74) is 5.40. The Morgan fingerprint density at radius 1 is 1.40 bits per heavy atom. The first-order valence-electron chi connectivity index (χ1n) is 5.22. The lowest BCUT2D eigenvalue weighted by Crippen LogP contribution is -2.51. The zero-order valence-corrected chi connectivity index (χ0v) is 10.3. The van der Waals surface area contributed by atoms with Crippen molar-refractivity contribution in [3.05, 3.63) is 0 Å². The fourth-order valence-corrected chi connectivity index (χ4v) is 3.30. The number of nitrogens with two attached hydrogens (primary N) is 1. The van der Waals surface area contributed by atoms with Crippen LogP contribution in [0.25, 0.3) is 0 Å². The van der Waals surface area contributed by atoms with Gasteiger partial charge in [-0.1, -0.05) is 0 Å². The highest BCUT2D eigenvalue weighted by atomic mass is 32.2. The molecule has 1 rings (SSSR count). The van der Waals surface area contributed by atoms with Crippen LogP contribution in [0.3, 0.4) is 0 Å². The summed E-state index contributed by atoms with van der Waals surface area (Å²) in [6.45, 7) is 6.41. The number of nitrogens with zero attached hydrogens (tertiary/aromatic N) is 1. The summed E-state index contributed by atoms with van der Waals surface area (Å²) in [6.07, 6.45) is -0.0954. The molecule has 1 heterocycles. The van der Waals surface area contributed by atoms with Crippen LogP contribution in [-0.2, 0) is 14.8 Å². The van der Waals surface area contributed by atoms with Crippen molar-refractivity contribution in [1.82, 2.24) is 4.31 Å². The lowest BCUT2D eigenvalue weighted by Gasteiger charge is -2.35. The molecule has 0 aromatic rings. The topological polar surface area (TPSA) is 72.6 Å². The summed E-state index contributed by atoms with van der Waals surface area (Å²) >= 11 is 0.